The second-order valence-electron chi connectivity index (χ2n) is 5.97. The van der Waals surface area contributed by atoms with Crippen LogP contribution >= 0.6 is 0 Å². The van der Waals surface area contributed by atoms with Gasteiger partial charge in [-0.3, -0.25) is 15.0 Å². The maximum atomic E-state index is 11.9. The molecule has 6 heteroatoms. The molecule has 3 amide bonds. The minimum atomic E-state index is -0.416. The lowest BCUT2D eigenvalue weighted by Gasteiger charge is -2.37. The van der Waals surface area contributed by atoms with Gasteiger partial charge in [0.25, 0.3) is 0 Å². The van der Waals surface area contributed by atoms with Crippen LogP contribution in [0.2, 0.25) is 0 Å². The number of amides is 3. The molecule has 2 atom stereocenters. The van der Waals surface area contributed by atoms with Gasteiger partial charge in [0.05, 0.1) is 6.54 Å². The Kier molecular flexibility index (Phi) is 4.42. The van der Waals surface area contributed by atoms with Crippen molar-refractivity contribution in [3.05, 3.63) is 0 Å². The molecular weight excluding hydrogens is 244 g/mol. The standard InChI is InChI=1S/C13H24N4O2/c1-8(2)15-13(19)16-12(18)7-17-10-3-4-11(17)6-9(14)5-10/h8-11H,3-7,14H2,1-2H3,(H2,15,16,18,19). The Hall–Kier alpha value is -1.14. The molecule has 0 spiro atoms. The van der Waals surface area contributed by atoms with Crippen molar-refractivity contribution in [2.24, 2.45) is 5.73 Å². The van der Waals surface area contributed by atoms with Crippen molar-refractivity contribution in [2.45, 2.75) is 63.7 Å². The van der Waals surface area contributed by atoms with Gasteiger partial charge >= 0.3 is 6.03 Å². The van der Waals surface area contributed by atoms with E-state index in [-0.39, 0.29) is 18.0 Å². The van der Waals surface area contributed by atoms with E-state index < -0.39 is 6.03 Å². The molecule has 2 fully saturated rings. The van der Waals surface area contributed by atoms with Crippen LogP contribution < -0.4 is 16.4 Å². The zero-order valence-electron chi connectivity index (χ0n) is 11.7. The summed E-state index contributed by atoms with van der Waals surface area (Å²) in [6, 6.07) is 0.694. The second kappa shape index (κ2) is 5.88. The summed E-state index contributed by atoms with van der Waals surface area (Å²) in [5, 5.41) is 5.02. The van der Waals surface area contributed by atoms with E-state index in [4.69, 9.17) is 5.73 Å². The van der Waals surface area contributed by atoms with Gasteiger partial charge in [-0.15, -0.1) is 0 Å². The van der Waals surface area contributed by atoms with Crippen LogP contribution in [0.25, 0.3) is 0 Å². The summed E-state index contributed by atoms with van der Waals surface area (Å²) in [6.07, 6.45) is 4.15. The number of fused-ring (bicyclic) bond motifs is 2. The van der Waals surface area contributed by atoms with E-state index in [2.05, 4.69) is 15.5 Å². The summed E-state index contributed by atoms with van der Waals surface area (Å²) >= 11 is 0. The molecule has 19 heavy (non-hydrogen) atoms. The van der Waals surface area contributed by atoms with Gasteiger partial charge in [-0.2, -0.15) is 0 Å². The number of urea groups is 1. The average molecular weight is 268 g/mol. The third-order valence-electron chi connectivity index (χ3n) is 3.92. The van der Waals surface area contributed by atoms with Crippen molar-refractivity contribution in [3.63, 3.8) is 0 Å². The van der Waals surface area contributed by atoms with Crippen molar-refractivity contribution in [1.82, 2.24) is 15.5 Å². The highest BCUT2D eigenvalue weighted by atomic mass is 16.2. The summed E-state index contributed by atoms with van der Waals surface area (Å²) in [5.41, 5.74) is 5.99. The summed E-state index contributed by atoms with van der Waals surface area (Å²) in [5.74, 6) is -0.231. The molecular formula is C13H24N4O2. The number of imide groups is 1. The number of carbonyl (C=O) groups excluding carboxylic acids is 2. The fourth-order valence-electron chi connectivity index (χ4n) is 3.20. The van der Waals surface area contributed by atoms with Gasteiger partial charge in [0, 0.05) is 24.2 Å². The van der Waals surface area contributed by atoms with Crippen LogP contribution in [0.1, 0.15) is 39.5 Å². The monoisotopic (exact) mass is 268 g/mol. The molecule has 2 aliphatic heterocycles. The number of nitrogens with two attached hydrogens (primary N) is 1. The Balaban J connectivity index is 1.81. The average Bonchev–Trinajstić information content (AvgIpc) is 2.53. The van der Waals surface area contributed by atoms with Gasteiger partial charge in [-0.25, -0.2) is 4.79 Å². The first kappa shape index (κ1) is 14.3. The molecule has 2 rings (SSSR count). The van der Waals surface area contributed by atoms with Crippen LogP contribution in [0.15, 0.2) is 0 Å². The number of nitrogens with zero attached hydrogens (tertiary/aromatic N) is 1. The highest BCUT2D eigenvalue weighted by Crippen LogP contribution is 2.34. The molecule has 0 aromatic rings. The minimum absolute atomic E-state index is 0.0250. The first-order valence-corrected chi connectivity index (χ1v) is 7.07. The number of rotatable bonds is 3. The van der Waals surface area contributed by atoms with Crippen molar-refractivity contribution >= 4 is 11.9 Å². The summed E-state index contributed by atoms with van der Waals surface area (Å²) in [4.78, 5) is 25.5. The topological polar surface area (TPSA) is 87.5 Å². The normalized spacial score (nSPS) is 30.4. The van der Waals surface area contributed by atoms with Crippen LogP contribution in [-0.2, 0) is 4.79 Å². The largest absolute Gasteiger partial charge is 0.336 e. The van der Waals surface area contributed by atoms with Gasteiger partial charge in [0.15, 0.2) is 0 Å². The van der Waals surface area contributed by atoms with E-state index in [0.717, 1.165) is 25.7 Å². The van der Waals surface area contributed by atoms with Crippen LogP contribution in [0.4, 0.5) is 4.79 Å². The summed E-state index contributed by atoms with van der Waals surface area (Å²) in [6.45, 7) is 4.01. The SMILES string of the molecule is CC(C)NC(=O)NC(=O)CN1C2CCC1CC(N)C2. The molecule has 2 aliphatic rings. The molecule has 0 saturated carbocycles. The molecule has 2 heterocycles. The molecule has 0 aromatic heterocycles. The number of nitrogens with one attached hydrogen (secondary N) is 2. The quantitative estimate of drug-likeness (QED) is 0.681. The Bertz CT molecular complexity index is 345. The minimum Gasteiger partial charge on any atom is -0.336 e. The van der Waals surface area contributed by atoms with E-state index in [1.165, 1.54) is 0 Å². The van der Waals surface area contributed by atoms with Gasteiger partial charge in [0.1, 0.15) is 0 Å². The Morgan fingerprint density at radius 3 is 2.37 bits per heavy atom. The van der Waals surface area contributed by atoms with Crippen molar-refractivity contribution < 1.29 is 9.59 Å². The smallest absolute Gasteiger partial charge is 0.321 e. The molecule has 108 valence electrons. The lowest BCUT2D eigenvalue weighted by molar-refractivity contribution is -0.122. The fraction of sp³-hybridized carbons (Fsp3) is 0.846. The molecule has 0 aromatic carbocycles. The number of carbonyl (C=O) groups is 2. The number of hydrogen-bond donors (Lipinski definition) is 3. The first-order valence-electron chi connectivity index (χ1n) is 7.07. The van der Waals surface area contributed by atoms with E-state index in [0.29, 0.717) is 18.6 Å². The lowest BCUT2D eigenvalue weighted by atomic mass is 9.98. The Labute approximate surface area is 114 Å². The predicted molar refractivity (Wildman–Crippen MR) is 72.5 cm³/mol. The first-order chi connectivity index (χ1) is 8.95. The third kappa shape index (κ3) is 3.67. The molecule has 2 bridgehead atoms. The van der Waals surface area contributed by atoms with Gasteiger partial charge in [0.2, 0.25) is 5.91 Å². The van der Waals surface area contributed by atoms with Crippen LogP contribution in [0.5, 0.6) is 0 Å². The van der Waals surface area contributed by atoms with E-state index in [1.54, 1.807) is 0 Å². The van der Waals surface area contributed by atoms with E-state index in [1.807, 2.05) is 13.8 Å². The maximum absolute atomic E-state index is 11.9. The van der Waals surface area contributed by atoms with Crippen molar-refractivity contribution in [2.75, 3.05) is 6.54 Å². The Morgan fingerprint density at radius 2 is 1.84 bits per heavy atom. The number of piperidine rings is 1. The van der Waals surface area contributed by atoms with Crippen LogP contribution in [0.3, 0.4) is 0 Å². The third-order valence-corrected chi connectivity index (χ3v) is 3.92. The lowest BCUT2D eigenvalue weighted by Crippen LogP contribution is -2.52. The van der Waals surface area contributed by atoms with Gasteiger partial charge in [-0.05, 0) is 39.5 Å². The molecule has 2 saturated heterocycles. The molecule has 2 unspecified atom stereocenters. The molecule has 4 N–H and O–H groups in total. The van der Waals surface area contributed by atoms with Crippen LogP contribution in [0, 0.1) is 0 Å². The highest BCUT2D eigenvalue weighted by Gasteiger charge is 2.40. The van der Waals surface area contributed by atoms with Crippen molar-refractivity contribution in [1.29, 1.82) is 0 Å². The second-order valence-corrected chi connectivity index (χ2v) is 5.97. The van der Waals surface area contributed by atoms with Gasteiger partial charge < -0.3 is 11.1 Å². The highest BCUT2D eigenvalue weighted by molar-refractivity contribution is 5.95. The zero-order chi connectivity index (χ0) is 14.0. The summed E-state index contributed by atoms with van der Waals surface area (Å²) < 4.78 is 0. The fourth-order valence-corrected chi connectivity index (χ4v) is 3.20. The van der Waals surface area contributed by atoms with Gasteiger partial charge in [-0.1, -0.05) is 0 Å². The van der Waals surface area contributed by atoms with Crippen molar-refractivity contribution in [3.8, 4) is 0 Å². The van der Waals surface area contributed by atoms with E-state index in [9.17, 15) is 9.59 Å². The maximum Gasteiger partial charge on any atom is 0.321 e. The molecule has 0 radical (unpaired) electrons. The predicted octanol–water partition coefficient (Wildman–Crippen LogP) is 0.175. The molecule has 6 nitrogen and oxygen atoms in total. The zero-order valence-corrected chi connectivity index (χ0v) is 11.7. The summed E-state index contributed by atoms with van der Waals surface area (Å²) in [7, 11) is 0. The van der Waals surface area contributed by atoms with Crippen LogP contribution in [-0.4, -0.2) is 47.6 Å². The van der Waals surface area contributed by atoms with E-state index >= 15 is 0 Å². The molecule has 0 aliphatic carbocycles. The Morgan fingerprint density at radius 1 is 1.26 bits per heavy atom. The number of hydrogen-bond acceptors (Lipinski definition) is 4.